The van der Waals surface area contributed by atoms with Gasteiger partial charge in [0.2, 0.25) is 0 Å². The Morgan fingerprint density at radius 3 is 2.61 bits per heavy atom. The first-order valence-corrected chi connectivity index (χ1v) is 11.4. The minimum Gasteiger partial charge on any atom is -0.495 e. The summed E-state index contributed by atoms with van der Waals surface area (Å²) in [5, 5.41) is 19.1. The van der Waals surface area contributed by atoms with Gasteiger partial charge in [0, 0.05) is 34.6 Å². The third-order valence-electron chi connectivity index (χ3n) is 5.85. The predicted molar refractivity (Wildman–Crippen MR) is 133 cm³/mol. The molecule has 4 rings (SSSR count). The van der Waals surface area contributed by atoms with Gasteiger partial charge >= 0.3 is 5.97 Å². The molecule has 0 aliphatic carbocycles. The summed E-state index contributed by atoms with van der Waals surface area (Å²) in [6.07, 6.45) is 4.79. The number of carboxylic acids is 1. The van der Waals surface area contributed by atoms with Crippen LogP contribution in [0.5, 0.6) is 5.75 Å². The van der Waals surface area contributed by atoms with Gasteiger partial charge in [-0.05, 0) is 36.8 Å². The Bertz CT molecular complexity index is 1600. The summed E-state index contributed by atoms with van der Waals surface area (Å²) in [5.41, 5.74) is 1.81. The summed E-state index contributed by atoms with van der Waals surface area (Å²) in [7, 11) is 1.44. The standard InChI is InChI=1S/C26H21ClN4O5/c1-3-21(22(32)9-18-13-30-12-16(26(34)35)5-7-24(30)29-18)31-14-23(36-2)20(10-25(31)33)19-8-17(27)6-4-15(19)11-28/h4-8,10,12-14,21H,3,9H2,1-2H3,(H,34,35). The van der Waals surface area contributed by atoms with Crippen molar-refractivity contribution in [2.75, 3.05) is 7.11 Å². The van der Waals surface area contributed by atoms with Crippen LogP contribution in [0.4, 0.5) is 0 Å². The van der Waals surface area contributed by atoms with E-state index in [9.17, 15) is 24.8 Å². The van der Waals surface area contributed by atoms with E-state index in [-0.39, 0.29) is 17.8 Å². The summed E-state index contributed by atoms with van der Waals surface area (Å²) in [6.45, 7) is 1.79. The molecule has 9 nitrogen and oxygen atoms in total. The SMILES string of the molecule is CCC(C(=O)Cc1cn2cc(C(=O)O)ccc2n1)n1cc(OC)c(-c2cc(Cl)ccc2C#N)cc1=O. The van der Waals surface area contributed by atoms with Gasteiger partial charge < -0.3 is 18.8 Å². The zero-order chi connectivity index (χ0) is 26.0. The Morgan fingerprint density at radius 2 is 1.94 bits per heavy atom. The maximum Gasteiger partial charge on any atom is 0.337 e. The smallest absolute Gasteiger partial charge is 0.337 e. The van der Waals surface area contributed by atoms with Crippen LogP contribution in [-0.2, 0) is 11.2 Å². The van der Waals surface area contributed by atoms with Crippen LogP contribution in [0.25, 0.3) is 16.8 Å². The molecule has 0 saturated carbocycles. The first-order valence-electron chi connectivity index (χ1n) is 11.0. The lowest BCUT2D eigenvalue weighted by molar-refractivity contribution is -0.121. The quantitative estimate of drug-likeness (QED) is 0.381. The second-order valence-electron chi connectivity index (χ2n) is 8.09. The number of methoxy groups -OCH3 is 1. The molecule has 36 heavy (non-hydrogen) atoms. The van der Waals surface area contributed by atoms with Crippen molar-refractivity contribution in [3.63, 3.8) is 0 Å². The van der Waals surface area contributed by atoms with Crippen LogP contribution in [0.3, 0.4) is 0 Å². The normalized spacial score (nSPS) is 11.7. The molecule has 10 heteroatoms. The zero-order valence-corrected chi connectivity index (χ0v) is 20.2. The van der Waals surface area contributed by atoms with Gasteiger partial charge in [-0.25, -0.2) is 9.78 Å². The fraction of sp³-hybridized carbons (Fsp3) is 0.192. The number of nitrogens with zero attached hydrogens (tertiary/aromatic N) is 4. The molecule has 3 heterocycles. The third kappa shape index (κ3) is 4.72. The lowest BCUT2D eigenvalue weighted by Gasteiger charge is -2.19. The molecule has 1 N–H and O–H groups in total. The van der Waals surface area contributed by atoms with Crippen LogP contribution < -0.4 is 10.3 Å². The topological polar surface area (TPSA) is 127 Å². The van der Waals surface area contributed by atoms with Crippen molar-refractivity contribution in [2.45, 2.75) is 25.8 Å². The molecular formula is C26H21ClN4O5. The van der Waals surface area contributed by atoms with Crippen LogP contribution in [0.15, 0.2) is 59.8 Å². The molecule has 0 spiro atoms. The van der Waals surface area contributed by atoms with E-state index in [0.29, 0.717) is 45.2 Å². The molecule has 0 aliphatic heterocycles. The molecule has 1 unspecified atom stereocenters. The largest absolute Gasteiger partial charge is 0.495 e. The average molecular weight is 505 g/mol. The van der Waals surface area contributed by atoms with E-state index < -0.39 is 17.6 Å². The summed E-state index contributed by atoms with van der Waals surface area (Å²) >= 11 is 6.12. The van der Waals surface area contributed by atoms with Gasteiger partial charge in [0.1, 0.15) is 11.4 Å². The fourth-order valence-corrected chi connectivity index (χ4v) is 4.29. The third-order valence-corrected chi connectivity index (χ3v) is 6.09. The Morgan fingerprint density at radius 1 is 1.17 bits per heavy atom. The van der Waals surface area contributed by atoms with E-state index in [1.165, 1.54) is 36.2 Å². The highest BCUT2D eigenvalue weighted by atomic mass is 35.5. The number of ketones is 1. The number of halogens is 1. The number of fused-ring (bicyclic) bond motifs is 1. The second-order valence-corrected chi connectivity index (χ2v) is 8.53. The van der Waals surface area contributed by atoms with Crippen molar-refractivity contribution in [1.29, 1.82) is 5.26 Å². The van der Waals surface area contributed by atoms with E-state index in [1.54, 1.807) is 41.8 Å². The number of pyridine rings is 2. The highest BCUT2D eigenvalue weighted by molar-refractivity contribution is 6.31. The van der Waals surface area contributed by atoms with Crippen molar-refractivity contribution in [3.05, 3.63) is 87.2 Å². The number of aromatic nitrogens is 3. The number of aromatic carboxylic acids is 1. The summed E-state index contributed by atoms with van der Waals surface area (Å²) in [6, 6.07) is 10.4. The van der Waals surface area contributed by atoms with E-state index in [2.05, 4.69) is 11.1 Å². The Hall–Kier alpha value is -4.42. The summed E-state index contributed by atoms with van der Waals surface area (Å²) < 4.78 is 8.38. The van der Waals surface area contributed by atoms with Crippen molar-refractivity contribution in [1.82, 2.24) is 14.0 Å². The Balaban J connectivity index is 1.69. The van der Waals surface area contributed by atoms with Crippen molar-refractivity contribution in [3.8, 4) is 22.9 Å². The van der Waals surface area contributed by atoms with Gasteiger partial charge in [-0.15, -0.1) is 0 Å². The molecule has 182 valence electrons. The van der Waals surface area contributed by atoms with Gasteiger partial charge in [0.05, 0.1) is 48.7 Å². The van der Waals surface area contributed by atoms with Crippen LogP contribution >= 0.6 is 11.6 Å². The van der Waals surface area contributed by atoms with Crippen LogP contribution in [-0.4, -0.2) is 37.9 Å². The number of carbonyl (C=O) groups is 2. The maximum atomic E-state index is 13.2. The molecule has 0 aliphatic rings. The summed E-state index contributed by atoms with van der Waals surface area (Å²) in [4.78, 5) is 42.0. The maximum absolute atomic E-state index is 13.2. The zero-order valence-electron chi connectivity index (χ0n) is 19.4. The van der Waals surface area contributed by atoms with Crippen molar-refractivity contribution < 1.29 is 19.4 Å². The lowest BCUT2D eigenvalue weighted by atomic mass is 9.99. The highest BCUT2D eigenvalue weighted by Crippen LogP contribution is 2.33. The van der Waals surface area contributed by atoms with Crippen molar-refractivity contribution >= 4 is 29.0 Å². The number of carbonyl (C=O) groups excluding carboxylic acids is 1. The van der Waals surface area contributed by atoms with Crippen LogP contribution in [0.2, 0.25) is 5.02 Å². The van der Waals surface area contributed by atoms with Gasteiger partial charge in [0.15, 0.2) is 5.78 Å². The van der Waals surface area contributed by atoms with Gasteiger partial charge in [-0.1, -0.05) is 18.5 Å². The molecule has 0 fully saturated rings. The fourth-order valence-electron chi connectivity index (χ4n) is 4.11. The van der Waals surface area contributed by atoms with E-state index in [4.69, 9.17) is 16.3 Å². The Labute approximate surface area is 210 Å². The first kappa shape index (κ1) is 24.7. The minimum atomic E-state index is -1.06. The first-order chi connectivity index (χ1) is 17.2. The van der Waals surface area contributed by atoms with Crippen LogP contribution in [0, 0.1) is 11.3 Å². The minimum absolute atomic E-state index is 0.0496. The predicted octanol–water partition coefficient (Wildman–Crippen LogP) is 4.16. The molecule has 0 amide bonds. The molecule has 0 radical (unpaired) electrons. The second kappa shape index (κ2) is 10.1. The molecular weight excluding hydrogens is 484 g/mol. The summed E-state index contributed by atoms with van der Waals surface area (Å²) in [5.74, 6) is -0.990. The monoisotopic (exact) mass is 504 g/mol. The molecule has 4 aromatic rings. The number of benzene rings is 1. The number of rotatable bonds is 8. The van der Waals surface area contributed by atoms with E-state index in [0.717, 1.165) is 0 Å². The van der Waals surface area contributed by atoms with Gasteiger partial charge in [-0.2, -0.15) is 5.26 Å². The molecule has 1 atom stereocenters. The van der Waals surface area contributed by atoms with E-state index >= 15 is 0 Å². The number of nitriles is 1. The molecule has 3 aromatic heterocycles. The Kier molecular flexibility index (Phi) is 6.90. The average Bonchev–Trinajstić information content (AvgIpc) is 3.26. The number of ether oxygens (including phenoxy) is 1. The van der Waals surface area contributed by atoms with Crippen LogP contribution in [0.1, 0.15) is 41.0 Å². The number of carboxylic acid groups (broad SMARTS) is 1. The number of hydrogen-bond donors (Lipinski definition) is 1. The van der Waals surface area contributed by atoms with Gasteiger partial charge in [-0.3, -0.25) is 9.59 Å². The molecule has 1 aromatic carbocycles. The number of hydrogen-bond acceptors (Lipinski definition) is 6. The lowest BCUT2D eigenvalue weighted by Crippen LogP contribution is -2.30. The number of Topliss-reactive ketones (excluding diaryl/α,β-unsaturated/α-hetero) is 1. The van der Waals surface area contributed by atoms with E-state index in [1.807, 2.05) is 0 Å². The van der Waals surface area contributed by atoms with Gasteiger partial charge in [0.25, 0.3) is 5.56 Å². The highest BCUT2D eigenvalue weighted by Gasteiger charge is 2.23. The molecule has 0 saturated heterocycles. The number of imidazole rings is 1. The van der Waals surface area contributed by atoms with Crippen molar-refractivity contribution in [2.24, 2.45) is 0 Å². The molecule has 0 bridgehead atoms.